The van der Waals surface area contributed by atoms with Gasteiger partial charge in [-0.3, -0.25) is 14.2 Å². The molecule has 3 rings (SSSR count). The molecule has 1 N–H and O–H groups in total. The van der Waals surface area contributed by atoms with Crippen molar-refractivity contribution in [3.05, 3.63) is 34.6 Å². The van der Waals surface area contributed by atoms with Gasteiger partial charge in [0.15, 0.2) is 5.16 Å². The number of hydrogen-bond acceptors (Lipinski definition) is 5. The fourth-order valence-electron chi connectivity index (χ4n) is 3.13. The number of carbonyl (C=O) groups is 1. The third-order valence-electron chi connectivity index (χ3n) is 4.54. The summed E-state index contributed by atoms with van der Waals surface area (Å²) in [6.45, 7) is 5.83. The lowest BCUT2D eigenvalue weighted by atomic mass is 10.2. The Balaban J connectivity index is 1.89. The summed E-state index contributed by atoms with van der Waals surface area (Å²) in [7, 11) is 0. The second kappa shape index (κ2) is 9.37. The van der Waals surface area contributed by atoms with Gasteiger partial charge in [-0.05, 0) is 45.2 Å². The maximum atomic E-state index is 13.0. The van der Waals surface area contributed by atoms with Crippen LogP contribution in [0.2, 0.25) is 0 Å². The summed E-state index contributed by atoms with van der Waals surface area (Å²) in [5.41, 5.74) is 0.621. The molecule has 0 bridgehead atoms. The average molecular weight is 390 g/mol. The van der Waals surface area contributed by atoms with Gasteiger partial charge in [0.1, 0.15) is 0 Å². The first kappa shape index (κ1) is 19.9. The fraction of sp³-hybridized carbons (Fsp3) is 0.550. The normalized spacial score (nSPS) is 17.9. The summed E-state index contributed by atoms with van der Waals surface area (Å²) < 4.78 is 7.31. The van der Waals surface area contributed by atoms with Gasteiger partial charge in [0.25, 0.3) is 5.56 Å². The summed E-state index contributed by atoms with van der Waals surface area (Å²) in [5.74, 6) is 0.0367. The van der Waals surface area contributed by atoms with Crippen molar-refractivity contribution in [1.82, 2.24) is 14.9 Å². The van der Waals surface area contributed by atoms with Crippen LogP contribution < -0.4 is 10.9 Å². The summed E-state index contributed by atoms with van der Waals surface area (Å²) in [5, 5.41) is 3.97. The van der Waals surface area contributed by atoms with E-state index < -0.39 is 0 Å². The molecular weight excluding hydrogens is 362 g/mol. The molecule has 1 aliphatic heterocycles. The number of ether oxygens (including phenoxy) is 1. The van der Waals surface area contributed by atoms with Crippen molar-refractivity contribution in [2.24, 2.45) is 0 Å². The molecule has 2 heterocycles. The van der Waals surface area contributed by atoms with Crippen molar-refractivity contribution < 1.29 is 9.53 Å². The summed E-state index contributed by atoms with van der Waals surface area (Å²) in [6, 6.07) is 7.38. The Bertz CT molecular complexity index is 850. The van der Waals surface area contributed by atoms with E-state index in [2.05, 4.69) is 5.32 Å². The first-order chi connectivity index (χ1) is 13.1. The molecule has 1 aliphatic rings. The zero-order valence-corrected chi connectivity index (χ0v) is 16.8. The standard InChI is InChI=1S/C20H27N3O3S/c1-14(2)26-13-7-12-23-19(25)15-8-3-4-9-16(15)22-20(23)27-17-10-5-6-11-21-18(17)24/h3-4,8-9,14,17H,5-7,10-13H2,1-2H3,(H,21,24). The average Bonchev–Trinajstić information content (AvgIpc) is 2.85. The van der Waals surface area contributed by atoms with Crippen LogP contribution in [0.25, 0.3) is 10.9 Å². The Morgan fingerprint density at radius 2 is 2.11 bits per heavy atom. The van der Waals surface area contributed by atoms with Crippen molar-refractivity contribution in [3.63, 3.8) is 0 Å². The molecule has 1 saturated heterocycles. The molecular formula is C20H27N3O3S. The number of fused-ring (bicyclic) bond motifs is 1. The molecule has 1 aromatic heterocycles. The van der Waals surface area contributed by atoms with E-state index in [-0.39, 0.29) is 22.8 Å². The van der Waals surface area contributed by atoms with Crippen molar-refractivity contribution in [3.8, 4) is 0 Å². The van der Waals surface area contributed by atoms with Crippen LogP contribution in [0.15, 0.2) is 34.2 Å². The topological polar surface area (TPSA) is 73.2 Å². The van der Waals surface area contributed by atoms with Crippen molar-refractivity contribution >= 4 is 28.6 Å². The van der Waals surface area contributed by atoms with Gasteiger partial charge < -0.3 is 10.1 Å². The van der Waals surface area contributed by atoms with Crippen LogP contribution in [0.3, 0.4) is 0 Å². The molecule has 0 spiro atoms. The van der Waals surface area contributed by atoms with Crippen LogP contribution in [-0.2, 0) is 16.1 Å². The zero-order valence-electron chi connectivity index (χ0n) is 15.9. The number of aromatic nitrogens is 2. The van der Waals surface area contributed by atoms with Gasteiger partial charge in [-0.15, -0.1) is 0 Å². The zero-order chi connectivity index (χ0) is 19.2. The van der Waals surface area contributed by atoms with Gasteiger partial charge in [0.2, 0.25) is 5.91 Å². The molecule has 0 aliphatic carbocycles. The smallest absolute Gasteiger partial charge is 0.262 e. The SMILES string of the molecule is CC(C)OCCCn1c(SC2CCCCNC2=O)nc2ccccc2c1=O. The van der Waals surface area contributed by atoms with Crippen molar-refractivity contribution in [2.45, 2.75) is 62.6 Å². The van der Waals surface area contributed by atoms with Gasteiger partial charge >= 0.3 is 0 Å². The van der Waals surface area contributed by atoms with Crippen LogP contribution in [0.1, 0.15) is 39.5 Å². The monoisotopic (exact) mass is 389 g/mol. The summed E-state index contributed by atoms with van der Waals surface area (Å²) in [4.78, 5) is 30.1. The third-order valence-corrected chi connectivity index (χ3v) is 5.79. The second-order valence-corrected chi connectivity index (χ2v) is 8.20. The maximum absolute atomic E-state index is 13.0. The number of nitrogens with zero attached hydrogens (tertiary/aromatic N) is 2. The Morgan fingerprint density at radius 3 is 2.93 bits per heavy atom. The molecule has 7 heteroatoms. The number of nitrogens with one attached hydrogen (secondary N) is 1. The molecule has 1 unspecified atom stereocenters. The molecule has 146 valence electrons. The molecule has 1 aromatic carbocycles. The van der Waals surface area contributed by atoms with Crippen LogP contribution in [0.5, 0.6) is 0 Å². The van der Waals surface area contributed by atoms with Gasteiger partial charge in [0, 0.05) is 19.7 Å². The van der Waals surface area contributed by atoms with Gasteiger partial charge in [-0.25, -0.2) is 4.98 Å². The lowest BCUT2D eigenvalue weighted by molar-refractivity contribution is -0.120. The number of thioether (sulfide) groups is 1. The predicted octanol–water partition coefficient (Wildman–Crippen LogP) is 2.97. The summed E-state index contributed by atoms with van der Waals surface area (Å²) >= 11 is 1.40. The largest absolute Gasteiger partial charge is 0.379 e. The third kappa shape index (κ3) is 5.11. The number of hydrogen-bond donors (Lipinski definition) is 1. The highest BCUT2D eigenvalue weighted by Gasteiger charge is 2.24. The van der Waals surface area contributed by atoms with E-state index in [1.165, 1.54) is 11.8 Å². The maximum Gasteiger partial charge on any atom is 0.262 e. The molecule has 1 amide bonds. The first-order valence-electron chi connectivity index (χ1n) is 9.62. The van der Waals surface area contributed by atoms with Crippen molar-refractivity contribution in [2.75, 3.05) is 13.2 Å². The van der Waals surface area contributed by atoms with E-state index in [1.54, 1.807) is 10.6 Å². The van der Waals surface area contributed by atoms with Crippen LogP contribution in [0, 0.1) is 0 Å². The lowest BCUT2D eigenvalue weighted by Gasteiger charge is -2.17. The molecule has 0 saturated carbocycles. The Labute approximate surface area is 163 Å². The molecule has 27 heavy (non-hydrogen) atoms. The van der Waals surface area contributed by atoms with E-state index in [0.717, 1.165) is 32.2 Å². The van der Waals surface area contributed by atoms with Gasteiger partial charge in [-0.2, -0.15) is 0 Å². The van der Waals surface area contributed by atoms with E-state index in [1.807, 2.05) is 32.0 Å². The van der Waals surface area contributed by atoms with Gasteiger partial charge in [-0.1, -0.05) is 30.3 Å². The highest BCUT2D eigenvalue weighted by molar-refractivity contribution is 8.00. The van der Waals surface area contributed by atoms with Crippen LogP contribution >= 0.6 is 11.8 Å². The number of amides is 1. The highest BCUT2D eigenvalue weighted by atomic mass is 32.2. The van der Waals surface area contributed by atoms with Crippen LogP contribution in [-0.4, -0.2) is 40.0 Å². The van der Waals surface area contributed by atoms with E-state index in [0.29, 0.717) is 29.2 Å². The number of rotatable bonds is 7. The quantitative estimate of drug-likeness (QED) is 0.582. The lowest BCUT2D eigenvalue weighted by Crippen LogP contribution is -2.32. The highest BCUT2D eigenvalue weighted by Crippen LogP contribution is 2.27. The number of para-hydroxylation sites is 1. The van der Waals surface area contributed by atoms with Gasteiger partial charge in [0.05, 0.1) is 22.3 Å². The number of carbonyl (C=O) groups excluding carboxylic acids is 1. The van der Waals surface area contributed by atoms with E-state index >= 15 is 0 Å². The summed E-state index contributed by atoms with van der Waals surface area (Å²) in [6.07, 6.45) is 3.68. The first-order valence-corrected chi connectivity index (χ1v) is 10.5. The van der Waals surface area contributed by atoms with E-state index in [4.69, 9.17) is 9.72 Å². The minimum atomic E-state index is -0.210. The molecule has 2 aromatic rings. The predicted molar refractivity (Wildman–Crippen MR) is 108 cm³/mol. The Kier molecular flexibility index (Phi) is 6.90. The number of benzene rings is 1. The fourth-order valence-corrected chi connectivity index (χ4v) is 4.31. The van der Waals surface area contributed by atoms with Crippen LogP contribution in [0.4, 0.5) is 0 Å². The molecule has 0 radical (unpaired) electrons. The molecule has 1 fully saturated rings. The Morgan fingerprint density at radius 1 is 1.30 bits per heavy atom. The second-order valence-electron chi connectivity index (χ2n) is 7.03. The minimum absolute atomic E-state index is 0.0367. The van der Waals surface area contributed by atoms with Crippen molar-refractivity contribution in [1.29, 1.82) is 0 Å². The molecule has 6 nitrogen and oxygen atoms in total. The molecule has 1 atom stereocenters. The Hall–Kier alpha value is -1.86. The van der Waals surface area contributed by atoms with E-state index in [9.17, 15) is 9.59 Å². The minimum Gasteiger partial charge on any atom is -0.379 e.